The number of pyridine rings is 1. The molecule has 0 atom stereocenters. The summed E-state index contributed by atoms with van der Waals surface area (Å²) in [5.74, 6) is -0.612. The van der Waals surface area contributed by atoms with Crippen LogP contribution >= 0.6 is 0 Å². The van der Waals surface area contributed by atoms with E-state index >= 15 is 0 Å². The fraction of sp³-hybridized carbons (Fsp3) is 0.188. The van der Waals surface area contributed by atoms with E-state index in [1.54, 1.807) is 18.3 Å². The summed E-state index contributed by atoms with van der Waals surface area (Å²) >= 11 is 0. The molecule has 22 heavy (non-hydrogen) atoms. The maximum Gasteiger partial charge on any atom is 0.313 e. The number of anilines is 2. The number of nitrogens with one attached hydrogen (secondary N) is 3. The predicted octanol–water partition coefficient (Wildman–Crippen LogP) is 1.56. The van der Waals surface area contributed by atoms with Gasteiger partial charge in [-0.25, -0.2) is 4.98 Å². The van der Waals surface area contributed by atoms with Crippen LogP contribution in [0, 0.1) is 6.92 Å². The molecule has 6 nitrogen and oxygen atoms in total. The van der Waals surface area contributed by atoms with Crippen molar-refractivity contribution < 1.29 is 9.59 Å². The van der Waals surface area contributed by atoms with E-state index < -0.39 is 11.8 Å². The number of nitrogens with zero attached hydrogens (tertiary/aromatic N) is 1. The third-order valence-electron chi connectivity index (χ3n) is 2.98. The van der Waals surface area contributed by atoms with Gasteiger partial charge in [0.2, 0.25) is 0 Å². The van der Waals surface area contributed by atoms with Crippen LogP contribution in [0.5, 0.6) is 0 Å². The maximum absolute atomic E-state index is 11.8. The molecule has 0 fully saturated rings. The van der Waals surface area contributed by atoms with Crippen molar-refractivity contribution in [1.82, 2.24) is 10.3 Å². The van der Waals surface area contributed by atoms with Gasteiger partial charge in [0.1, 0.15) is 5.82 Å². The van der Waals surface area contributed by atoms with Gasteiger partial charge in [-0.1, -0.05) is 24.3 Å². The first-order valence-corrected chi connectivity index (χ1v) is 6.96. The summed E-state index contributed by atoms with van der Waals surface area (Å²) in [6.45, 7) is 2.68. The lowest BCUT2D eigenvalue weighted by Gasteiger charge is -2.09. The number of aryl methyl sites for hydroxylation is 1. The molecule has 114 valence electrons. The fourth-order valence-corrected chi connectivity index (χ4v) is 1.81. The van der Waals surface area contributed by atoms with Crippen LogP contribution < -0.4 is 16.0 Å². The molecular formula is C16H18N4O2. The molecule has 0 bridgehead atoms. The predicted molar refractivity (Wildman–Crippen MR) is 85.5 cm³/mol. The first-order chi connectivity index (χ1) is 10.7. The Morgan fingerprint density at radius 1 is 1.00 bits per heavy atom. The number of amides is 2. The van der Waals surface area contributed by atoms with Gasteiger partial charge >= 0.3 is 11.8 Å². The molecule has 0 aliphatic carbocycles. The number of benzene rings is 1. The zero-order valence-corrected chi connectivity index (χ0v) is 12.3. The average Bonchev–Trinajstić information content (AvgIpc) is 2.54. The summed E-state index contributed by atoms with van der Waals surface area (Å²) in [5.41, 5.74) is 1.54. The highest BCUT2D eigenvalue weighted by molar-refractivity contribution is 6.39. The van der Waals surface area contributed by atoms with E-state index in [1.165, 1.54) is 0 Å². The van der Waals surface area contributed by atoms with Crippen LogP contribution in [-0.2, 0) is 9.59 Å². The van der Waals surface area contributed by atoms with E-state index in [-0.39, 0.29) is 0 Å². The van der Waals surface area contributed by atoms with Gasteiger partial charge in [0.15, 0.2) is 0 Å². The number of hydrogen-bond acceptors (Lipinski definition) is 4. The minimum Gasteiger partial charge on any atom is -0.368 e. The standard InChI is InChI=1S/C16H18N4O2/c1-12-6-2-3-7-13(12)20-16(22)15(21)19-11-10-18-14-8-4-5-9-17-14/h2-9H,10-11H2,1H3,(H,17,18)(H,19,21)(H,20,22). The van der Waals surface area contributed by atoms with Gasteiger partial charge in [0, 0.05) is 25.0 Å². The Bertz CT molecular complexity index is 644. The van der Waals surface area contributed by atoms with Crippen LogP contribution in [-0.4, -0.2) is 29.9 Å². The zero-order chi connectivity index (χ0) is 15.8. The van der Waals surface area contributed by atoms with E-state index in [4.69, 9.17) is 0 Å². The highest BCUT2D eigenvalue weighted by Crippen LogP contribution is 2.12. The zero-order valence-electron chi connectivity index (χ0n) is 12.3. The summed E-state index contributed by atoms with van der Waals surface area (Å²) in [5, 5.41) is 8.18. The molecule has 0 spiro atoms. The first-order valence-electron chi connectivity index (χ1n) is 6.96. The van der Waals surface area contributed by atoms with E-state index in [0.717, 1.165) is 11.4 Å². The van der Waals surface area contributed by atoms with Gasteiger partial charge in [-0.05, 0) is 30.7 Å². The minimum absolute atomic E-state index is 0.330. The number of carbonyl (C=O) groups excluding carboxylic acids is 2. The smallest absolute Gasteiger partial charge is 0.313 e. The normalized spacial score (nSPS) is 9.86. The van der Waals surface area contributed by atoms with E-state index in [0.29, 0.717) is 18.8 Å². The molecule has 2 aromatic rings. The molecule has 1 heterocycles. The van der Waals surface area contributed by atoms with Crippen molar-refractivity contribution in [2.45, 2.75) is 6.92 Å². The molecule has 2 amide bonds. The lowest BCUT2D eigenvalue weighted by Crippen LogP contribution is -2.37. The summed E-state index contributed by atoms with van der Waals surface area (Å²) in [6.07, 6.45) is 1.68. The second-order valence-electron chi connectivity index (χ2n) is 4.67. The number of para-hydroxylation sites is 1. The van der Waals surface area contributed by atoms with Gasteiger partial charge < -0.3 is 16.0 Å². The van der Waals surface area contributed by atoms with Crippen LogP contribution in [0.4, 0.5) is 11.5 Å². The monoisotopic (exact) mass is 298 g/mol. The summed E-state index contributed by atoms with van der Waals surface area (Å²) in [6, 6.07) is 12.8. The van der Waals surface area contributed by atoms with Crippen molar-refractivity contribution in [3.05, 3.63) is 54.2 Å². The highest BCUT2D eigenvalue weighted by Gasteiger charge is 2.13. The number of rotatable bonds is 5. The van der Waals surface area contributed by atoms with Crippen molar-refractivity contribution in [1.29, 1.82) is 0 Å². The number of hydrogen-bond donors (Lipinski definition) is 3. The molecule has 6 heteroatoms. The molecule has 1 aromatic carbocycles. The van der Waals surface area contributed by atoms with Crippen molar-refractivity contribution in [3.8, 4) is 0 Å². The molecule has 0 unspecified atom stereocenters. The molecule has 0 aliphatic rings. The molecule has 1 aromatic heterocycles. The lowest BCUT2D eigenvalue weighted by atomic mass is 10.2. The Morgan fingerprint density at radius 3 is 2.50 bits per heavy atom. The quantitative estimate of drug-likeness (QED) is 0.578. The van der Waals surface area contributed by atoms with Crippen molar-refractivity contribution in [2.24, 2.45) is 0 Å². The highest BCUT2D eigenvalue weighted by atomic mass is 16.2. The van der Waals surface area contributed by atoms with Gasteiger partial charge in [0.25, 0.3) is 0 Å². The van der Waals surface area contributed by atoms with Crippen molar-refractivity contribution >= 4 is 23.3 Å². The first kappa shape index (κ1) is 15.5. The maximum atomic E-state index is 11.8. The largest absolute Gasteiger partial charge is 0.368 e. The third-order valence-corrected chi connectivity index (χ3v) is 2.98. The lowest BCUT2D eigenvalue weighted by molar-refractivity contribution is -0.136. The Kier molecular flexibility index (Phi) is 5.48. The topological polar surface area (TPSA) is 83.1 Å². The van der Waals surface area contributed by atoms with Crippen molar-refractivity contribution in [2.75, 3.05) is 23.7 Å². The minimum atomic E-state index is -0.674. The Morgan fingerprint density at radius 2 is 1.77 bits per heavy atom. The van der Waals surface area contributed by atoms with Gasteiger partial charge in [-0.3, -0.25) is 9.59 Å². The van der Waals surface area contributed by atoms with Crippen LogP contribution in [0.2, 0.25) is 0 Å². The molecule has 0 saturated heterocycles. The second kappa shape index (κ2) is 7.78. The second-order valence-corrected chi connectivity index (χ2v) is 4.67. The van der Waals surface area contributed by atoms with Crippen molar-refractivity contribution in [3.63, 3.8) is 0 Å². The number of carbonyl (C=O) groups is 2. The molecule has 0 aliphatic heterocycles. The fourth-order valence-electron chi connectivity index (χ4n) is 1.81. The van der Waals surface area contributed by atoms with E-state index in [1.807, 2.05) is 37.3 Å². The molecular weight excluding hydrogens is 280 g/mol. The van der Waals surface area contributed by atoms with Gasteiger partial charge in [-0.2, -0.15) is 0 Å². The van der Waals surface area contributed by atoms with Gasteiger partial charge in [0.05, 0.1) is 0 Å². The average molecular weight is 298 g/mol. The Labute approximate surface area is 129 Å². The summed E-state index contributed by atoms with van der Waals surface area (Å²) < 4.78 is 0. The summed E-state index contributed by atoms with van der Waals surface area (Å²) in [7, 11) is 0. The Hall–Kier alpha value is -2.89. The van der Waals surface area contributed by atoms with Crippen LogP contribution in [0.3, 0.4) is 0 Å². The van der Waals surface area contributed by atoms with Crippen LogP contribution in [0.15, 0.2) is 48.7 Å². The Balaban J connectivity index is 1.73. The van der Waals surface area contributed by atoms with Gasteiger partial charge in [-0.15, -0.1) is 0 Å². The SMILES string of the molecule is Cc1ccccc1NC(=O)C(=O)NCCNc1ccccn1. The molecule has 0 radical (unpaired) electrons. The third kappa shape index (κ3) is 4.59. The van der Waals surface area contributed by atoms with E-state index in [2.05, 4.69) is 20.9 Å². The molecule has 0 saturated carbocycles. The molecule has 3 N–H and O–H groups in total. The number of aromatic nitrogens is 1. The van der Waals surface area contributed by atoms with Crippen LogP contribution in [0.25, 0.3) is 0 Å². The summed E-state index contributed by atoms with van der Waals surface area (Å²) in [4.78, 5) is 27.6. The van der Waals surface area contributed by atoms with Crippen LogP contribution in [0.1, 0.15) is 5.56 Å². The molecule has 2 rings (SSSR count). The van der Waals surface area contributed by atoms with E-state index in [9.17, 15) is 9.59 Å².